The van der Waals surface area contributed by atoms with E-state index in [9.17, 15) is 22.0 Å². The van der Waals surface area contributed by atoms with Crippen LogP contribution >= 0.6 is 12.2 Å². The monoisotopic (exact) mass is 295 g/mol. The van der Waals surface area contributed by atoms with Crippen LogP contribution in [0.3, 0.4) is 0 Å². The van der Waals surface area contributed by atoms with E-state index in [0.717, 1.165) is 0 Å². The molecule has 0 spiro atoms. The molecule has 0 amide bonds. The van der Waals surface area contributed by atoms with Crippen molar-refractivity contribution in [1.29, 1.82) is 5.26 Å². The van der Waals surface area contributed by atoms with E-state index in [4.69, 9.17) is 5.26 Å². The standard InChI is InChI=1S/C10H6F5N3S/c11-5-4(10(19)18-17-3-1-2-16)6(12)8(14)9(15)7(5)13/h17H,1,3H2,(H,18,19). The fraction of sp³-hybridized carbons (Fsp3) is 0.200. The molecule has 0 radical (unpaired) electrons. The zero-order chi connectivity index (χ0) is 14.6. The molecular weight excluding hydrogens is 289 g/mol. The van der Waals surface area contributed by atoms with Gasteiger partial charge in [0.25, 0.3) is 0 Å². The maximum atomic E-state index is 13.3. The van der Waals surface area contributed by atoms with Crippen LogP contribution in [0.4, 0.5) is 22.0 Å². The summed E-state index contributed by atoms with van der Waals surface area (Å²) in [5.74, 6) is -10.4. The first-order chi connectivity index (χ1) is 8.91. The summed E-state index contributed by atoms with van der Waals surface area (Å²) in [6.07, 6.45) is 0.0622. The third-order valence-corrected chi connectivity index (χ3v) is 2.31. The lowest BCUT2D eigenvalue weighted by Gasteiger charge is -2.11. The summed E-state index contributed by atoms with van der Waals surface area (Å²) < 4.78 is 65.2. The van der Waals surface area contributed by atoms with Gasteiger partial charge in [0.1, 0.15) is 4.99 Å². The number of nitrogens with zero attached hydrogens (tertiary/aromatic N) is 1. The number of rotatable bonds is 4. The first-order valence-electron chi connectivity index (χ1n) is 4.83. The van der Waals surface area contributed by atoms with Gasteiger partial charge in [0, 0.05) is 13.0 Å². The minimum absolute atomic E-state index is 0.0622. The Kier molecular flexibility index (Phi) is 5.14. The summed E-state index contributed by atoms with van der Waals surface area (Å²) in [7, 11) is 0. The largest absolute Gasteiger partial charge is 0.311 e. The summed E-state index contributed by atoms with van der Waals surface area (Å²) in [5, 5.41) is 8.23. The van der Waals surface area contributed by atoms with Crippen LogP contribution in [0.25, 0.3) is 0 Å². The van der Waals surface area contributed by atoms with E-state index in [1.165, 1.54) is 0 Å². The Morgan fingerprint density at radius 1 is 1.00 bits per heavy atom. The number of hydrogen-bond acceptors (Lipinski definition) is 3. The summed E-state index contributed by atoms with van der Waals surface area (Å²) in [4.78, 5) is -0.703. The van der Waals surface area contributed by atoms with Gasteiger partial charge in [-0.25, -0.2) is 27.4 Å². The quantitative estimate of drug-likeness (QED) is 0.223. The Hall–Kier alpha value is -1.79. The highest BCUT2D eigenvalue weighted by atomic mass is 32.1. The van der Waals surface area contributed by atoms with Crippen molar-refractivity contribution in [2.24, 2.45) is 0 Å². The molecule has 0 heterocycles. The average molecular weight is 295 g/mol. The van der Waals surface area contributed by atoms with E-state index in [-0.39, 0.29) is 13.0 Å². The number of halogens is 5. The van der Waals surface area contributed by atoms with Gasteiger partial charge in [0.15, 0.2) is 23.3 Å². The molecule has 0 aromatic heterocycles. The Morgan fingerprint density at radius 2 is 1.47 bits per heavy atom. The van der Waals surface area contributed by atoms with Crippen molar-refractivity contribution < 1.29 is 22.0 Å². The van der Waals surface area contributed by atoms with Gasteiger partial charge in [-0.2, -0.15) is 5.26 Å². The van der Waals surface area contributed by atoms with Gasteiger partial charge in [-0.05, 0) is 0 Å². The van der Waals surface area contributed by atoms with Crippen molar-refractivity contribution in [1.82, 2.24) is 10.9 Å². The van der Waals surface area contributed by atoms with Gasteiger partial charge in [-0.15, -0.1) is 0 Å². The van der Waals surface area contributed by atoms with E-state index < -0.39 is 39.6 Å². The second-order valence-corrected chi connectivity index (χ2v) is 3.64. The molecule has 102 valence electrons. The lowest BCUT2D eigenvalue weighted by Crippen LogP contribution is -2.38. The highest BCUT2D eigenvalue weighted by Gasteiger charge is 2.27. The van der Waals surface area contributed by atoms with Gasteiger partial charge in [-0.1, -0.05) is 12.2 Å². The van der Waals surface area contributed by atoms with Crippen LogP contribution in [-0.2, 0) is 0 Å². The van der Waals surface area contributed by atoms with Crippen LogP contribution in [0, 0.1) is 40.4 Å². The van der Waals surface area contributed by atoms with Crippen LogP contribution in [0.5, 0.6) is 0 Å². The van der Waals surface area contributed by atoms with E-state index in [1.807, 2.05) is 0 Å². The minimum atomic E-state index is -2.25. The molecule has 3 nitrogen and oxygen atoms in total. The number of nitrogens with one attached hydrogen (secondary N) is 2. The zero-order valence-corrected chi connectivity index (χ0v) is 9.98. The molecule has 0 bridgehead atoms. The lowest BCUT2D eigenvalue weighted by molar-refractivity contribution is 0.376. The third kappa shape index (κ3) is 3.15. The smallest absolute Gasteiger partial charge is 0.200 e. The molecule has 1 rings (SSSR count). The van der Waals surface area contributed by atoms with E-state index in [1.54, 1.807) is 6.07 Å². The Bertz CT molecular complexity index is 526. The van der Waals surface area contributed by atoms with Crippen LogP contribution in [-0.4, -0.2) is 11.5 Å². The normalized spacial score (nSPS) is 10.1. The topological polar surface area (TPSA) is 47.9 Å². The summed E-state index contributed by atoms with van der Waals surface area (Å²) in [5.41, 5.74) is 3.16. The van der Waals surface area contributed by atoms with Gasteiger partial charge < -0.3 is 5.43 Å². The molecule has 9 heteroatoms. The van der Waals surface area contributed by atoms with E-state index in [0.29, 0.717) is 0 Å². The summed E-state index contributed by atoms with van der Waals surface area (Å²) in [6, 6.07) is 1.77. The first kappa shape index (κ1) is 15.3. The molecule has 1 aromatic rings. The molecule has 0 fully saturated rings. The molecule has 0 aliphatic rings. The van der Waals surface area contributed by atoms with Crippen molar-refractivity contribution in [3.63, 3.8) is 0 Å². The van der Waals surface area contributed by atoms with Crippen molar-refractivity contribution in [2.45, 2.75) is 6.42 Å². The Balaban J connectivity index is 3.01. The molecule has 1 aromatic carbocycles. The second kappa shape index (κ2) is 6.40. The van der Waals surface area contributed by atoms with Crippen molar-refractivity contribution in [3.8, 4) is 6.07 Å². The SMILES string of the molecule is N#CCCNNC(=S)c1c(F)c(F)c(F)c(F)c1F. The molecule has 19 heavy (non-hydrogen) atoms. The molecule has 0 unspecified atom stereocenters. The minimum Gasteiger partial charge on any atom is -0.311 e. The molecule has 0 saturated carbocycles. The number of hydrogen-bond donors (Lipinski definition) is 2. The lowest BCUT2D eigenvalue weighted by atomic mass is 10.1. The predicted octanol–water partition coefficient (Wildman–Crippen LogP) is 2.07. The third-order valence-electron chi connectivity index (χ3n) is 2.00. The van der Waals surface area contributed by atoms with Crippen molar-refractivity contribution in [2.75, 3.05) is 6.54 Å². The van der Waals surface area contributed by atoms with Gasteiger partial charge in [0.2, 0.25) is 5.82 Å². The van der Waals surface area contributed by atoms with Gasteiger partial charge in [0.05, 0.1) is 11.6 Å². The summed E-state index contributed by atoms with van der Waals surface area (Å²) in [6.45, 7) is 0.0754. The fourth-order valence-electron chi connectivity index (χ4n) is 1.13. The van der Waals surface area contributed by atoms with Crippen LogP contribution in [0.2, 0.25) is 0 Å². The zero-order valence-electron chi connectivity index (χ0n) is 9.16. The highest BCUT2D eigenvalue weighted by Crippen LogP contribution is 2.23. The molecule has 0 saturated heterocycles. The first-order valence-corrected chi connectivity index (χ1v) is 5.24. The van der Waals surface area contributed by atoms with Gasteiger partial charge >= 0.3 is 0 Å². The van der Waals surface area contributed by atoms with Crippen LogP contribution in [0.1, 0.15) is 12.0 Å². The number of hydrazine groups is 1. The maximum absolute atomic E-state index is 13.3. The molecule has 0 atom stereocenters. The highest BCUT2D eigenvalue weighted by molar-refractivity contribution is 7.80. The number of nitriles is 1. The maximum Gasteiger partial charge on any atom is 0.200 e. The van der Waals surface area contributed by atoms with Gasteiger partial charge in [-0.3, -0.25) is 0 Å². The number of benzene rings is 1. The molecular formula is C10H6F5N3S. The Labute approximate surface area is 110 Å². The predicted molar refractivity (Wildman–Crippen MR) is 59.3 cm³/mol. The molecule has 2 N–H and O–H groups in total. The number of thiocarbonyl (C=S) groups is 1. The van der Waals surface area contributed by atoms with E-state index >= 15 is 0 Å². The second-order valence-electron chi connectivity index (χ2n) is 3.23. The van der Waals surface area contributed by atoms with Crippen molar-refractivity contribution >= 4 is 17.2 Å². The van der Waals surface area contributed by atoms with Crippen LogP contribution < -0.4 is 10.9 Å². The van der Waals surface area contributed by atoms with E-state index in [2.05, 4.69) is 23.1 Å². The Morgan fingerprint density at radius 3 is 1.95 bits per heavy atom. The average Bonchev–Trinajstić information content (AvgIpc) is 2.39. The fourth-order valence-corrected chi connectivity index (χ4v) is 1.38. The molecule has 0 aliphatic heterocycles. The molecule has 0 aliphatic carbocycles. The van der Waals surface area contributed by atoms with Crippen molar-refractivity contribution in [3.05, 3.63) is 34.6 Å². The van der Waals surface area contributed by atoms with Crippen LogP contribution in [0.15, 0.2) is 0 Å². The summed E-state index contributed by atoms with van der Waals surface area (Å²) >= 11 is 4.52.